The van der Waals surface area contributed by atoms with E-state index < -0.39 is 35.3 Å². The first-order valence-corrected chi connectivity index (χ1v) is 9.62. The Labute approximate surface area is 172 Å². The normalized spacial score (nSPS) is 12.4. The number of carbonyl (C=O) groups is 1. The number of carboxylic acids is 1. The smallest absolute Gasteiger partial charge is 0.433 e. The number of aryl methyl sites for hydroxylation is 1. The second kappa shape index (κ2) is 9.65. The van der Waals surface area contributed by atoms with Crippen molar-refractivity contribution < 1.29 is 32.9 Å². The van der Waals surface area contributed by atoms with Crippen LogP contribution in [0.5, 0.6) is 11.5 Å². The van der Waals surface area contributed by atoms with Crippen LogP contribution in [-0.2, 0) is 17.6 Å². The number of rotatable bonds is 9. The summed E-state index contributed by atoms with van der Waals surface area (Å²) in [4.78, 5) is 11.9. The van der Waals surface area contributed by atoms with Crippen molar-refractivity contribution in [2.24, 2.45) is 0 Å². The summed E-state index contributed by atoms with van der Waals surface area (Å²) in [5.41, 5.74) is -1.17. The minimum atomic E-state index is -4.89. The summed E-state index contributed by atoms with van der Waals surface area (Å²) in [5, 5.41) is 25.5. The third-order valence-corrected chi connectivity index (χ3v) is 4.59. The molecule has 0 bridgehead atoms. The van der Waals surface area contributed by atoms with Gasteiger partial charge in [0.05, 0.1) is 5.56 Å². The first kappa shape index (κ1) is 23.3. The number of hydrogen-bond donors (Lipinski definition) is 2. The van der Waals surface area contributed by atoms with Crippen LogP contribution >= 0.6 is 0 Å². The van der Waals surface area contributed by atoms with Crippen LogP contribution in [0.2, 0.25) is 0 Å². The van der Waals surface area contributed by atoms with Crippen LogP contribution in [0.25, 0.3) is 0 Å². The minimum absolute atomic E-state index is 0.124. The molecule has 5 nitrogen and oxygen atoms in total. The number of benzene rings is 2. The highest BCUT2D eigenvalue weighted by Crippen LogP contribution is 2.41. The highest BCUT2D eigenvalue weighted by Gasteiger charge is 2.40. The van der Waals surface area contributed by atoms with Crippen molar-refractivity contribution in [2.45, 2.75) is 51.8 Å². The first-order chi connectivity index (χ1) is 14.1. The van der Waals surface area contributed by atoms with Gasteiger partial charge < -0.3 is 14.9 Å². The van der Waals surface area contributed by atoms with Crippen LogP contribution in [0.3, 0.4) is 0 Å². The summed E-state index contributed by atoms with van der Waals surface area (Å²) in [6.07, 6.45) is -4.62. The van der Waals surface area contributed by atoms with Crippen LogP contribution in [-0.4, -0.2) is 28.1 Å². The van der Waals surface area contributed by atoms with Crippen LogP contribution in [0.1, 0.15) is 55.0 Å². The van der Waals surface area contributed by atoms with E-state index in [0.29, 0.717) is 30.4 Å². The SMILES string of the molecule is CCCc1cc(C(=N)C(F)(F)F)c([OH2+])c(CCC)c1OC(C(=O)O)c1ccccc1. The fourth-order valence-electron chi connectivity index (χ4n) is 3.23. The van der Waals surface area contributed by atoms with Crippen molar-refractivity contribution in [3.05, 3.63) is 58.7 Å². The van der Waals surface area contributed by atoms with Gasteiger partial charge in [-0.2, -0.15) is 13.2 Å². The van der Waals surface area contributed by atoms with Crippen molar-refractivity contribution in [1.29, 1.82) is 5.41 Å². The van der Waals surface area contributed by atoms with Gasteiger partial charge in [-0.15, -0.1) is 0 Å². The van der Waals surface area contributed by atoms with Crippen molar-refractivity contribution >= 4 is 11.7 Å². The second-order valence-electron chi connectivity index (χ2n) is 6.89. The van der Waals surface area contributed by atoms with Crippen molar-refractivity contribution in [1.82, 2.24) is 0 Å². The average molecular weight is 424 g/mol. The monoisotopic (exact) mass is 424 g/mol. The summed E-state index contributed by atoms with van der Waals surface area (Å²) in [5.74, 6) is -1.57. The number of nitrogens with one attached hydrogen (secondary N) is 1. The van der Waals surface area contributed by atoms with E-state index in [1.54, 1.807) is 37.3 Å². The lowest BCUT2D eigenvalue weighted by molar-refractivity contribution is -0.145. The third-order valence-electron chi connectivity index (χ3n) is 4.59. The zero-order valence-corrected chi connectivity index (χ0v) is 16.8. The Kier molecular flexibility index (Phi) is 7.48. The lowest BCUT2D eigenvalue weighted by atomic mass is 9.94. The fourth-order valence-corrected chi connectivity index (χ4v) is 3.23. The number of ether oxygens (including phenoxy) is 1. The topological polar surface area (TPSA) is 93.3 Å². The molecule has 30 heavy (non-hydrogen) atoms. The van der Waals surface area contributed by atoms with E-state index in [4.69, 9.17) is 15.3 Å². The zero-order chi connectivity index (χ0) is 22.5. The molecule has 0 aromatic heterocycles. The molecule has 0 aliphatic rings. The minimum Gasteiger partial charge on any atom is -0.593 e. The van der Waals surface area contributed by atoms with Gasteiger partial charge in [-0.05, 0) is 24.5 Å². The highest BCUT2D eigenvalue weighted by molar-refractivity contribution is 6.05. The number of aliphatic carboxylic acids is 1. The maximum absolute atomic E-state index is 13.2. The predicted molar refractivity (Wildman–Crippen MR) is 108 cm³/mol. The standard InChI is InChI=1S/C22H24F3NO4/c1-3-8-14-12-16(20(26)22(23,24)25)17(27)15(9-4-2)18(14)30-19(21(28)29)13-10-6-5-7-11-13/h5-7,10-12,19,26-27H,3-4,8-9H2,1-2H3,(H,28,29)/p+1. The maximum atomic E-state index is 13.2. The Hall–Kier alpha value is -3.03. The van der Waals surface area contributed by atoms with Gasteiger partial charge in [0.15, 0.2) is 5.71 Å². The van der Waals surface area contributed by atoms with E-state index in [1.165, 1.54) is 0 Å². The molecule has 1 unspecified atom stereocenters. The molecule has 0 aliphatic carbocycles. The van der Waals surface area contributed by atoms with Crippen molar-refractivity contribution in [3.63, 3.8) is 0 Å². The molecule has 0 radical (unpaired) electrons. The maximum Gasteiger partial charge on any atom is 0.433 e. The quantitative estimate of drug-likeness (QED) is 0.430. The van der Waals surface area contributed by atoms with Crippen LogP contribution < -0.4 is 4.74 Å². The summed E-state index contributed by atoms with van der Waals surface area (Å²) < 4.78 is 45.4. The Morgan fingerprint density at radius 1 is 1.17 bits per heavy atom. The van der Waals surface area contributed by atoms with E-state index in [9.17, 15) is 23.1 Å². The molecule has 0 aliphatic heterocycles. The molecule has 0 heterocycles. The average Bonchev–Trinajstić information content (AvgIpc) is 2.69. The molecular formula is C22H25F3NO4+. The Morgan fingerprint density at radius 3 is 2.27 bits per heavy atom. The van der Waals surface area contributed by atoms with Gasteiger partial charge in [0.1, 0.15) is 11.3 Å². The number of halogens is 3. The predicted octanol–water partition coefficient (Wildman–Crippen LogP) is 5.16. The van der Waals surface area contributed by atoms with Crippen molar-refractivity contribution in [3.8, 4) is 11.5 Å². The summed E-state index contributed by atoms with van der Waals surface area (Å²) >= 11 is 0. The van der Waals surface area contributed by atoms with E-state index in [2.05, 4.69) is 0 Å². The molecule has 0 spiro atoms. The van der Waals surface area contributed by atoms with Gasteiger partial charge in [-0.3, -0.25) is 5.41 Å². The van der Waals surface area contributed by atoms with Gasteiger partial charge in [0, 0.05) is 5.56 Å². The highest BCUT2D eigenvalue weighted by atomic mass is 19.4. The summed E-state index contributed by atoms with van der Waals surface area (Å²) in [7, 11) is 0. The molecule has 0 saturated heterocycles. The molecule has 2 aromatic carbocycles. The Balaban J connectivity index is 2.68. The molecule has 2 rings (SSSR count). The van der Waals surface area contributed by atoms with Gasteiger partial charge in [0.25, 0.3) is 5.75 Å². The number of carboxylic acid groups (broad SMARTS) is 1. The lowest BCUT2D eigenvalue weighted by Crippen LogP contribution is -2.24. The van der Waals surface area contributed by atoms with E-state index >= 15 is 0 Å². The van der Waals surface area contributed by atoms with E-state index in [0.717, 1.165) is 6.07 Å². The molecule has 0 saturated carbocycles. The van der Waals surface area contributed by atoms with Gasteiger partial charge >= 0.3 is 12.1 Å². The molecule has 1 atom stereocenters. The molecule has 2 aromatic rings. The fraction of sp³-hybridized carbons (Fsp3) is 0.364. The molecule has 4 N–H and O–H groups in total. The number of alkyl halides is 3. The van der Waals surface area contributed by atoms with Crippen molar-refractivity contribution in [2.75, 3.05) is 0 Å². The van der Waals surface area contributed by atoms with Crippen LogP contribution in [0.4, 0.5) is 13.2 Å². The van der Waals surface area contributed by atoms with E-state index in [-0.39, 0.29) is 17.7 Å². The molecule has 0 fully saturated rings. The Morgan fingerprint density at radius 2 is 1.77 bits per heavy atom. The lowest BCUT2D eigenvalue weighted by Gasteiger charge is -2.22. The largest absolute Gasteiger partial charge is 0.593 e. The van der Waals surface area contributed by atoms with Gasteiger partial charge in [-0.1, -0.05) is 57.0 Å². The van der Waals surface area contributed by atoms with Gasteiger partial charge in [-0.25, -0.2) is 4.79 Å². The molecule has 0 amide bonds. The molecule has 8 heteroatoms. The number of hydrogen-bond acceptors (Lipinski definition) is 3. The summed E-state index contributed by atoms with van der Waals surface area (Å²) in [6.45, 7) is 3.63. The first-order valence-electron chi connectivity index (χ1n) is 9.62. The zero-order valence-electron chi connectivity index (χ0n) is 16.8. The molecule has 162 valence electrons. The van der Waals surface area contributed by atoms with Gasteiger partial charge in [0.2, 0.25) is 6.10 Å². The van der Waals surface area contributed by atoms with E-state index in [1.807, 2.05) is 6.92 Å². The van der Waals surface area contributed by atoms with Crippen LogP contribution in [0, 0.1) is 5.41 Å². The second-order valence-corrected chi connectivity index (χ2v) is 6.89. The molecular weight excluding hydrogens is 399 g/mol. The summed E-state index contributed by atoms with van der Waals surface area (Å²) in [6, 6.07) is 9.38. The van der Waals surface area contributed by atoms with Crippen LogP contribution in [0.15, 0.2) is 36.4 Å². The Bertz CT molecular complexity index is 911. The third kappa shape index (κ3) is 5.11.